The van der Waals surface area contributed by atoms with E-state index < -0.39 is 0 Å². The maximum atomic E-state index is 12.5. The van der Waals surface area contributed by atoms with Gasteiger partial charge in [-0.15, -0.1) is 12.4 Å². The summed E-state index contributed by atoms with van der Waals surface area (Å²) in [5.74, 6) is 0.508. The Hall–Kier alpha value is -1.39. The molecule has 1 amide bonds. The lowest BCUT2D eigenvalue weighted by Crippen LogP contribution is -2.47. The minimum atomic E-state index is 0. The van der Waals surface area contributed by atoms with E-state index in [9.17, 15) is 9.59 Å². The maximum absolute atomic E-state index is 12.5. The summed E-state index contributed by atoms with van der Waals surface area (Å²) in [5.41, 5.74) is 1.97. The number of aryl methyl sites for hydroxylation is 1. The third kappa shape index (κ3) is 4.12. The normalized spacial score (nSPS) is 21.8. The molecule has 0 bridgehead atoms. The number of Topliss-reactive ketones (excluding diaryl/α,β-unsaturated/α-hetero) is 1. The van der Waals surface area contributed by atoms with E-state index >= 15 is 0 Å². The summed E-state index contributed by atoms with van der Waals surface area (Å²) in [4.78, 5) is 26.8. The Morgan fingerprint density at radius 3 is 2.30 bits per heavy atom. The molecule has 0 aromatic heterocycles. The fraction of sp³-hybridized carbons (Fsp3) is 0.556. The van der Waals surface area contributed by atoms with Crippen LogP contribution in [0.3, 0.4) is 0 Å². The third-order valence-corrected chi connectivity index (χ3v) is 4.87. The lowest BCUT2D eigenvalue weighted by atomic mass is 9.88. The summed E-state index contributed by atoms with van der Waals surface area (Å²) in [6.07, 6.45) is 3.59. The van der Waals surface area contributed by atoms with Gasteiger partial charge in [-0.1, -0.05) is 29.8 Å². The molecule has 1 N–H and O–H groups in total. The number of carbonyl (C=O) groups excluding carboxylic acids is 2. The van der Waals surface area contributed by atoms with E-state index in [4.69, 9.17) is 0 Å². The summed E-state index contributed by atoms with van der Waals surface area (Å²) >= 11 is 0. The van der Waals surface area contributed by atoms with Gasteiger partial charge in [0.25, 0.3) is 0 Å². The number of halogens is 1. The Labute approximate surface area is 144 Å². The van der Waals surface area contributed by atoms with Crippen LogP contribution in [0.15, 0.2) is 24.3 Å². The summed E-state index contributed by atoms with van der Waals surface area (Å²) < 4.78 is 0. The van der Waals surface area contributed by atoms with Crippen molar-refractivity contribution >= 4 is 24.1 Å². The van der Waals surface area contributed by atoms with Gasteiger partial charge in [0.05, 0.1) is 6.04 Å². The first kappa shape index (κ1) is 18.0. The van der Waals surface area contributed by atoms with Crippen LogP contribution in [-0.4, -0.2) is 42.3 Å². The first-order chi connectivity index (χ1) is 10.6. The Bertz CT molecular complexity index is 545. The molecule has 2 fully saturated rings. The minimum absolute atomic E-state index is 0. The Kier molecular flexibility index (Phi) is 6.19. The molecule has 1 atom stereocenters. The van der Waals surface area contributed by atoms with Crippen LogP contribution in [0.1, 0.15) is 41.6 Å². The largest absolute Gasteiger partial charge is 0.341 e. The highest BCUT2D eigenvalue weighted by molar-refractivity contribution is 5.98. The van der Waals surface area contributed by atoms with E-state index in [2.05, 4.69) is 5.32 Å². The van der Waals surface area contributed by atoms with Crippen LogP contribution in [0, 0.1) is 12.8 Å². The van der Waals surface area contributed by atoms with E-state index in [0.717, 1.165) is 37.8 Å². The van der Waals surface area contributed by atoms with Gasteiger partial charge in [-0.05, 0) is 39.2 Å². The van der Waals surface area contributed by atoms with Gasteiger partial charge in [0.2, 0.25) is 5.91 Å². The van der Waals surface area contributed by atoms with E-state index in [1.54, 1.807) is 0 Å². The van der Waals surface area contributed by atoms with Crippen molar-refractivity contribution in [2.75, 3.05) is 19.6 Å². The number of hydrogen-bond acceptors (Lipinski definition) is 3. The van der Waals surface area contributed by atoms with Crippen molar-refractivity contribution in [2.45, 2.75) is 38.6 Å². The number of piperidine rings is 1. The molecule has 23 heavy (non-hydrogen) atoms. The second-order valence-electron chi connectivity index (χ2n) is 6.48. The molecule has 0 radical (unpaired) electrons. The van der Waals surface area contributed by atoms with Gasteiger partial charge < -0.3 is 10.2 Å². The molecule has 4 nitrogen and oxygen atoms in total. The van der Waals surface area contributed by atoms with Crippen molar-refractivity contribution < 1.29 is 9.59 Å². The Morgan fingerprint density at radius 1 is 1.09 bits per heavy atom. The Morgan fingerprint density at radius 2 is 1.74 bits per heavy atom. The minimum Gasteiger partial charge on any atom is -0.341 e. The van der Waals surface area contributed by atoms with Crippen molar-refractivity contribution in [1.82, 2.24) is 10.2 Å². The lowest BCUT2D eigenvalue weighted by molar-refractivity contribution is -0.134. The zero-order chi connectivity index (χ0) is 15.5. The topological polar surface area (TPSA) is 49.4 Å². The van der Waals surface area contributed by atoms with Gasteiger partial charge in [0, 0.05) is 24.6 Å². The second-order valence-corrected chi connectivity index (χ2v) is 6.48. The monoisotopic (exact) mass is 336 g/mol. The zero-order valence-corrected chi connectivity index (χ0v) is 14.4. The second kappa shape index (κ2) is 7.93. The summed E-state index contributed by atoms with van der Waals surface area (Å²) in [7, 11) is 0. The van der Waals surface area contributed by atoms with Gasteiger partial charge in [0.15, 0.2) is 5.78 Å². The summed E-state index contributed by atoms with van der Waals surface area (Å²) in [6, 6.07) is 7.80. The zero-order valence-electron chi connectivity index (χ0n) is 13.6. The van der Waals surface area contributed by atoms with E-state index in [1.807, 2.05) is 36.1 Å². The average molecular weight is 337 g/mol. The first-order valence-corrected chi connectivity index (χ1v) is 8.28. The molecule has 0 aliphatic carbocycles. The predicted molar refractivity (Wildman–Crippen MR) is 93.1 cm³/mol. The average Bonchev–Trinajstić information content (AvgIpc) is 3.09. The van der Waals surface area contributed by atoms with Crippen LogP contribution >= 0.6 is 12.4 Å². The van der Waals surface area contributed by atoms with Crippen molar-refractivity contribution in [2.24, 2.45) is 5.92 Å². The van der Waals surface area contributed by atoms with Gasteiger partial charge in [-0.25, -0.2) is 0 Å². The highest BCUT2D eigenvalue weighted by atomic mass is 35.5. The molecule has 3 rings (SSSR count). The number of hydrogen-bond donors (Lipinski definition) is 1. The Balaban J connectivity index is 0.00000192. The van der Waals surface area contributed by atoms with Crippen LogP contribution in [0.25, 0.3) is 0 Å². The summed E-state index contributed by atoms with van der Waals surface area (Å²) in [5, 5.41) is 3.26. The molecule has 0 saturated carbocycles. The van der Waals surface area contributed by atoms with Crippen molar-refractivity contribution in [3.63, 3.8) is 0 Å². The van der Waals surface area contributed by atoms with E-state index in [0.29, 0.717) is 13.1 Å². The molecule has 1 aromatic carbocycles. The fourth-order valence-corrected chi connectivity index (χ4v) is 3.43. The number of carbonyl (C=O) groups is 2. The van der Waals surface area contributed by atoms with Crippen LogP contribution in [0.4, 0.5) is 0 Å². The maximum Gasteiger partial charge on any atom is 0.239 e. The van der Waals surface area contributed by atoms with Gasteiger partial charge in [0.1, 0.15) is 0 Å². The lowest BCUT2D eigenvalue weighted by Gasteiger charge is -2.33. The highest BCUT2D eigenvalue weighted by Gasteiger charge is 2.32. The smallest absolute Gasteiger partial charge is 0.239 e. The van der Waals surface area contributed by atoms with E-state index in [1.165, 1.54) is 5.56 Å². The number of benzene rings is 1. The van der Waals surface area contributed by atoms with Gasteiger partial charge in [-0.2, -0.15) is 0 Å². The van der Waals surface area contributed by atoms with Crippen LogP contribution in [0.5, 0.6) is 0 Å². The molecule has 2 aliphatic heterocycles. The van der Waals surface area contributed by atoms with Crippen molar-refractivity contribution in [1.29, 1.82) is 0 Å². The third-order valence-electron chi connectivity index (χ3n) is 4.87. The van der Waals surface area contributed by atoms with Crippen molar-refractivity contribution in [3.8, 4) is 0 Å². The molecule has 2 saturated heterocycles. The van der Waals surface area contributed by atoms with Crippen LogP contribution < -0.4 is 5.32 Å². The van der Waals surface area contributed by atoms with Gasteiger partial charge in [-0.3, -0.25) is 9.59 Å². The molecule has 5 heteroatoms. The number of rotatable bonds is 3. The quantitative estimate of drug-likeness (QED) is 0.863. The highest BCUT2D eigenvalue weighted by Crippen LogP contribution is 2.23. The van der Waals surface area contributed by atoms with E-state index in [-0.39, 0.29) is 36.1 Å². The number of nitrogens with zero attached hydrogens (tertiary/aromatic N) is 1. The molecule has 1 aromatic rings. The molecule has 1 unspecified atom stereocenters. The number of amides is 1. The standard InChI is InChI=1S/C18H24N2O2.ClH/c1-13-4-6-14(7-5-13)17(21)15-8-11-20(12-9-15)18(22)16-3-2-10-19-16;/h4-7,15-16,19H,2-3,8-12H2,1H3;1H. The molecular weight excluding hydrogens is 312 g/mol. The summed E-state index contributed by atoms with van der Waals surface area (Å²) in [6.45, 7) is 4.38. The SMILES string of the molecule is Cc1ccc(C(=O)C2CCN(C(=O)C3CCCN3)CC2)cc1.Cl. The van der Waals surface area contributed by atoms with Crippen molar-refractivity contribution in [3.05, 3.63) is 35.4 Å². The number of likely N-dealkylation sites (tertiary alicyclic amines) is 1. The molecule has 2 heterocycles. The molecular formula is C18H25ClN2O2. The molecule has 2 aliphatic rings. The number of nitrogens with one attached hydrogen (secondary N) is 1. The van der Waals surface area contributed by atoms with Gasteiger partial charge >= 0.3 is 0 Å². The molecule has 126 valence electrons. The van der Waals surface area contributed by atoms with Crippen LogP contribution in [-0.2, 0) is 4.79 Å². The fourth-order valence-electron chi connectivity index (χ4n) is 3.43. The molecule has 0 spiro atoms. The predicted octanol–water partition coefficient (Wildman–Crippen LogP) is 2.59. The van der Waals surface area contributed by atoms with Crippen LogP contribution in [0.2, 0.25) is 0 Å². The number of ketones is 1. The first-order valence-electron chi connectivity index (χ1n) is 8.28.